The second-order valence-electron chi connectivity index (χ2n) is 11.3. The molecule has 1 aliphatic heterocycles. The van der Waals surface area contributed by atoms with E-state index in [1.807, 2.05) is 18.2 Å². The SMILES string of the molecule is CC(=O)c1cccc(C2CCN(c3cc(C(=O)CC45CC(C4)C5)nc(OC[C@H]4C[C@H]4C#N)n3)CC2)n1. The number of anilines is 1. The van der Waals surface area contributed by atoms with Crippen molar-refractivity contribution < 1.29 is 14.3 Å². The van der Waals surface area contributed by atoms with Crippen LogP contribution in [0.3, 0.4) is 0 Å². The number of ketones is 2. The van der Waals surface area contributed by atoms with E-state index in [0.717, 1.165) is 49.8 Å². The maximum Gasteiger partial charge on any atom is 0.319 e. The van der Waals surface area contributed by atoms with Gasteiger partial charge in [0.15, 0.2) is 11.6 Å². The Labute approximate surface area is 211 Å². The minimum Gasteiger partial charge on any atom is -0.463 e. The van der Waals surface area contributed by atoms with E-state index in [-0.39, 0.29) is 40.7 Å². The molecule has 0 N–H and O–H groups in total. The summed E-state index contributed by atoms with van der Waals surface area (Å²) in [5.41, 5.74) is 2.11. The van der Waals surface area contributed by atoms with E-state index >= 15 is 0 Å². The van der Waals surface area contributed by atoms with Crippen LogP contribution in [0.25, 0.3) is 0 Å². The minimum atomic E-state index is -0.0221. The quantitative estimate of drug-likeness (QED) is 0.482. The van der Waals surface area contributed by atoms with Crippen LogP contribution in [0.2, 0.25) is 0 Å². The van der Waals surface area contributed by atoms with Crippen LogP contribution in [-0.2, 0) is 0 Å². The highest BCUT2D eigenvalue weighted by Crippen LogP contribution is 2.66. The van der Waals surface area contributed by atoms with Gasteiger partial charge in [-0.3, -0.25) is 9.59 Å². The van der Waals surface area contributed by atoms with Gasteiger partial charge in [0.05, 0.1) is 18.6 Å². The number of carbonyl (C=O) groups excluding carboxylic acids is 2. The first kappa shape index (κ1) is 23.1. The first-order valence-electron chi connectivity index (χ1n) is 13.1. The van der Waals surface area contributed by atoms with Crippen molar-refractivity contribution in [1.82, 2.24) is 15.0 Å². The summed E-state index contributed by atoms with van der Waals surface area (Å²) in [5, 5.41) is 9.08. The van der Waals surface area contributed by atoms with Crippen LogP contribution < -0.4 is 9.64 Å². The molecule has 4 saturated carbocycles. The largest absolute Gasteiger partial charge is 0.463 e. The van der Waals surface area contributed by atoms with Gasteiger partial charge in [-0.15, -0.1) is 0 Å². The Balaban J connectivity index is 1.17. The fourth-order valence-electron chi connectivity index (χ4n) is 6.14. The van der Waals surface area contributed by atoms with Crippen LogP contribution in [0.1, 0.15) is 84.5 Å². The highest BCUT2D eigenvalue weighted by atomic mass is 16.5. The molecule has 3 heterocycles. The molecular weight excluding hydrogens is 454 g/mol. The van der Waals surface area contributed by atoms with Gasteiger partial charge in [0.1, 0.15) is 17.2 Å². The first-order chi connectivity index (χ1) is 17.4. The van der Waals surface area contributed by atoms with Crippen molar-refractivity contribution in [1.29, 1.82) is 5.26 Å². The van der Waals surface area contributed by atoms with Crippen molar-refractivity contribution in [3.63, 3.8) is 0 Å². The molecule has 2 bridgehead atoms. The number of rotatable bonds is 9. The molecule has 186 valence electrons. The van der Waals surface area contributed by atoms with E-state index in [4.69, 9.17) is 10.00 Å². The van der Waals surface area contributed by atoms with Crippen molar-refractivity contribution in [2.24, 2.45) is 23.2 Å². The summed E-state index contributed by atoms with van der Waals surface area (Å²) in [7, 11) is 0. The molecule has 0 radical (unpaired) electrons. The van der Waals surface area contributed by atoms with E-state index in [9.17, 15) is 9.59 Å². The number of nitrogens with zero attached hydrogens (tertiary/aromatic N) is 5. The summed E-state index contributed by atoms with van der Waals surface area (Å²) < 4.78 is 5.90. The van der Waals surface area contributed by atoms with E-state index in [2.05, 4.69) is 25.9 Å². The number of hydrogen-bond acceptors (Lipinski definition) is 8. The van der Waals surface area contributed by atoms with Gasteiger partial charge >= 0.3 is 6.01 Å². The Morgan fingerprint density at radius 2 is 1.92 bits per heavy atom. The zero-order chi connectivity index (χ0) is 24.9. The number of ether oxygens (including phenoxy) is 1. The zero-order valence-electron chi connectivity index (χ0n) is 20.7. The van der Waals surface area contributed by atoms with Gasteiger partial charge < -0.3 is 9.64 Å². The number of aromatic nitrogens is 3. The highest BCUT2D eigenvalue weighted by molar-refractivity contribution is 5.95. The van der Waals surface area contributed by atoms with Crippen molar-refractivity contribution in [2.75, 3.05) is 24.6 Å². The highest BCUT2D eigenvalue weighted by Gasteiger charge is 2.57. The second kappa shape index (κ2) is 8.95. The van der Waals surface area contributed by atoms with Crippen molar-refractivity contribution in [2.45, 2.75) is 57.8 Å². The third-order valence-corrected chi connectivity index (χ3v) is 8.56. The van der Waals surface area contributed by atoms with Gasteiger partial charge in [-0.25, -0.2) is 4.98 Å². The topological polar surface area (TPSA) is 109 Å². The molecule has 5 aliphatic rings. The van der Waals surface area contributed by atoms with E-state index < -0.39 is 0 Å². The molecule has 8 nitrogen and oxygen atoms in total. The molecule has 0 amide bonds. The summed E-state index contributed by atoms with van der Waals surface area (Å²) in [4.78, 5) is 40.9. The Hall–Kier alpha value is -3.34. The molecule has 36 heavy (non-hydrogen) atoms. The van der Waals surface area contributed by atoms with Crippen LogP contribution in [-0.4, -0.2) is 46.2 Å². The zero-order valence-corrected chi connectivity index (χ0v) is 20.7. The molecule has 0 spiro atoms. The lowest BCUT2D eigenvalue weighted by atomic mass is 9.43. The summed E-state index contributed by atoms with van der Waals surface area (Å²) in [6.07, 6.45) is 6.68. The molecule has 0 unspecified atom stereocenters. The lowest BCUT2D eigenvalue weighted by molar-refractivity contribution is -0.103. The summed E-state index contributed by atoms with van der Waals surface area (Å²) in [6.45, 7) is 3.48. The average molecular weight is 486 g/mol. The maximum absolute atomic E-state index is 13.2. The first-order valence-corrected chi connectivity index (χ1v) is 13.1. The van der Waals surface area contributed by atoms with E-state index in [0.29, 0.717) is 24.4 Å². The fraction of sp³-hybridized carbons (Fsp3) is 0.571. The van der Waals surface area contributed by atoms with Crippen molar-refractivity contribution in [3.8, 4) is 12.1 Å². The van der Waals surface area contributed by atoms with Gasteiger partial charge in [-0.2, -0.15) is 15.2 Å². The summed E-state index contributed by atoms with van der Waals surface area (Å²) in [6, 6.07) is 10.00. The van der Waals surface area contributed by atoms with Crippen LogP contribution in [0.4, 0.5) is 5.82 Å². The molecule has 8 heteroatoms. The molecule has 2 aromatic rings. The van der Waals surface area contributed by atoms with Crippen LogP contribution >= 0.6 is 0 Å². The number of hydrogen-bond donors (Lipinski definition) is 0. The Kier molecular flexibility index (Phi) is 5.74. The normalized spacial score (nSPS) is 28.4. The molecule has 0 aromatic carbocycles. The van der Waals surface area contributed by atoms with Crippen molar-refractivity contribution >= 4 is 17.4 Å². The number of piperidine rings is 1. The van der Waals surface area contributed by atoms with Gasteiger partial charge in [-0.05, 0) is 62.0 Å². The summed E-state index contributed by atoms with van der Waals surface area (Å²) >= 11 is 0. The molecular formula is C28H31N5O3. The number of carbonyl (C=O) groups is 2. The Bertz CT molecular complexity index is 1230. The standard InChI is InChI=1S/C28H31N5O3/c1-17(34)22-3-2-4-23(30-22)19-5-7-33(8-6-19)26-10-24(25(35)14-28-11-18(12-28)13-28)31-27(32-26)36-16-21-9-20(21)15-29/h2-4,10,18-21H,5-9,11-14,16H2,1H3/t18?,20-,21+,28?/m0/s1. The molecule has 2 atom stereocenters. The maximum atomic E-state index is 13.2. The predicted octanol–water partition coefficient (Wildman–Crippen LogP) is 4.37. The minimum absolute atomic E-state index is 0.0221. The lowest BCUT2D eigenvalue weighted by Gasteiger charge is -2.61. The third kappa shape index (κ3) is 4.47. The van der Waals surface area contributed by atoms with Crippen LogP contribution in [0.5, 0.6) is 6.01 Å². The Morgan fingerprint density at radius 3 is 2.56 bits per heavy atom. The van der Waals surface area contributed by atoms with Gasteiger partial charge in [0, 0.05) is 50.0 Å². The number of Topliss-reactive ketones (excluding diaryl/α,β-unsaturated/α-hetero) is 2. The third-order valence-electron chi connectivity index (χ3n) is 8.56. The molecule has 5 fully saturated rings. The van der Waals surface area contributed by atoms with Crippen LogP contribution in [0, 0.1) is 34.5 Å². The molecule has 1 saturated heterocycles. The Morgan fingerprint density at radius 1 is 1.14 bits per heavy atom. The molecule has 2 aromatic heterocycles. The van der Waals surface area contributed by atoms with Gasteiger partial charge in [0.2, 0.25) is 0 Å². The lowest BCUT2D eigenvalue weighted by Crippen LogP contribution is -2.52. The predicted molar refractivity (Wildman–Crippen MR) is 132 cm³/mol. The van der Waals surface area contributed by atoms with E-state index in [1.54, 1.807) is 13.0 Å². The average Bonchev–Trinajstić information content (AvgIpc) is 3.63. The smallest absolute Gasteiger partial charge is 0.319 e. The van der Waals surface area contributed by atoms with Gasteiger partial charge in [0.25, 0.3) is 0 Å². The molecule has 7 rings (SSSR count). The van der Waals surface area contributed by atoms with Crippen molar-refractivity contribution in [3.05, 3.63) is 41.3 Å². The monoisotopic (exact) mass is 485 g/mol. The number of nitriles is 1. The fourth-order valence-corrected chi connectivity index (χ4v) is 6.14. The van der Waals surface area contributed by atoms with Crippen LogP contribution in [0.15, 0.2) is 24.3 Å². The number of pyridine rings is 1. The summed E-state index contributed by atoms with van der Waals surface area (Å²) in [5.74, 6) is 2.15. The second-order valence-corrected chi connectivity index (χ2v) is 11.3. The van der Waals surface area contributed by atoms with Gasteiger partial charge in [-0.1, -0.05) is 6.07 Å². The molecule has 4 aliphatic carbocycles. The van der Waals surface area contributed by atoms with E-state index in [1.165, 1.54) is 19.3 Å².